The summed E-state index contributed by atoms with van der Waals surface area (Å²) in [5, 5.41) is 0. The Hall–Kier alpha value is -3.60. The molecule has 0 N–H and O–H groups in total. The lowest BCUT2D eigenvalue weighted by molar-refractivity contribution is 0.257. The molecule has 4 aromatic rings. The molecule has 4 nitrogen and oxygen atoms in total. The van der Waals surface area contributed by atoms with Gasteiger partial charge < -0.3 is 18.9 Å². The van der Waals surface area contributed by atoms with E-state index in [4.69, 9.17) is 18.9 Å². The average molecular weight is 563 g/mol. The van der Waals surface area contributed by atoms with Gasteiger partial charge in [-0.05, 0) is 63.3 Å². The summed E-state index contributed by atoms with van der Waals surface area (Å²) in [6.45, 7) is 11.9. The van der Waals surface area contributed by atoms with Gasteiger partial charge in [0, 0.05) is 12.0 Å². The fraction of sp³-hybridized carbons (Fsp3) is 0.368. The first-order valence-corrected chi connectivity index (χ1v) is 15.2. The molecule has 0 saturated carbocycles. The van der Waals surface area contributed by atoms with E-state index in [1.807, 2.05) is 6.07 Å². The Morgan fingerprint density at radius 1 is 0.714 bits per heavy atom. The van der Waals surface area contributed by atoms with E-state index in [-0.39, 0.29) is 17.6 Å². The molecule has 4 aromatic carbocycles. The van der Waals surface area contributed by atoms with Crippen molar-refractivity contribution in [2.24, 2.45) is 0 Å². The molecule has 2 fully saturated rings. The van der Waals surface area contributed by atoms with Gasteiger partial charge >= 0.3 is 0 Å². The molecule has 0 bridgehead atoms. The number of ether oxygens (including phenoxy) is 4. The fourth-order valence-electron chi connectivity index (χ4n) is 5.51. The first-order chi connectivity index (χ1) is 20.3. The summed E-state index contributed by atoms with van der Waals surface area (Å²) in [5.74, 6) is 2.40. The topological polar surface area (TPSA) is 43.5 Å². The second-order valence-corrected chi connectivity index (χ2v) is 12.7. The van der Waals surface area contributed by atoms with Crippen LogP contribution in [0.25, 0.3) is 11.1 Å². The van der Waals surface area contributed by atoms with Gasteiger partial charge in [0.25, 0.3) is 0 Å². The van der Waals surface area contributed by atoms with E-state index in [0.717, 1.165) is 37.6 Å². The molecule has 4 heteroatoms. The monoisotopic (exact) mass is 562 g/mol. The van der Waals surface area contributed by atoms with Crippen molar-refractivity contribution in [3.63, 3.8) is 0 Å². The molecule has 2 heterocycles. The van der Waals surface area contributed by atoms with Crippen LogP contribution in [-0.4, -0.2) is 38.6 Å². The van der Waals surface area contributed by atoms with Crippen LogP contribution >= 0.6 is 0 Å². The van der Waals surface area contributed by atoms with Gasteiger partial charge in [-0.15, -0.1) is 0 Å². The fourth-order valence-corrected chi connectivity index (χ4v) is 5.51. The van der Waals surface area contributed by atoms with Gasteiger partial charge in [0.2, 0.25) is 0 Å². The summed E-state index contributed by atoms with van der Waals surface area (Å²) in [6.07, 6.45) is 2.26. The Balaban J connectivity index is 1.11. The highest BCUT2D eigenvalue weighted by Gasteiger charge is 2.28. The number of hydrogen-bond donors (Lipinski definition) is 0. The van der Waals surface area contributed by atoms with Crippen LogP contribution in [-0.2, 0) is 27.7 Å². The Labute approximate surface area is 250 Å². The zero-order chi connectivity index (χ0) is 29.1. The summed E-state index contributed by atoms with van der Waals surface area (Å²) >= 11 is 0. The van der Waals surface area contributed by atoms with Crippen LogP contribution in [0.4, 0.5) is 0 Å². The van der Waals surface area contributed by atoms with E-state index in [9.17, 15) is 0 Å². The molecule has 2 unspecified atom stereocenters. The lowest BCUT2D eigenvalue weighted by atomic mass is 9.78. The van der Waals surface area contributed by atoms with Gasteiger partial charge in [-0.3, -0.25) is 0 Å². The highest BCUT2D eigenvalue weighted by molar-refractivity contribution is 5.64. The Bertz CT molecular complexity index is 1480. The smallest absolute Gasteiger partial charge is 0.123 e. The quantitative estimate of drug-likeness (QED) is 0.154. The number of hydrogen-bond acceptors (Lipinski definition) is 4. The largest absolute Gasteiger partial charge is 0.490 e. The van der Waals surface area contributed by atoms with Crippen molar-refractivity contribution in [2.75, 3.05) is 26.4 Å². The Morgan fingerprint density at radius 3 is 1.88 bits per heavy atom. The maximum atomic E-state index is 6.18. The highest BCUT2D eigenvalue weighted by atomic mass is 16.6. The van der Waals surface area contributed by atoms with E-state index in [1.54, 1.807) is 0 Å². The average Bonchev–Trinajstić information content (AvgIpc) is 3.92. The standard InChI is InChI=1S/C38H42O4/c1-26(2)31-17-18-32(37(20-31)42-25-34-23-40-34)19-27-9-13-29(14-10-27)30-15-11-28(12-16-30)21-38(3,4)35-7-5-6-8-36(35)41-24-33-22-39-33/h5-18,20,26,33-34H,19,21-25H2,1-4H3. The lowest BCUT2D eigenvalue weighted by Gasteiger charge is -2.28. The molecule has 0 radical (unpaired) electrons. The zero-order valence-corrected chi connectivity index (χ0v) is 25.3. The third-order valence-corrected chi connectivity index (χ3v) is 8.31. The van der Waals surface area contributed by atoms with Crippen molar-refractivity contribution in [3.8, 4) is 22.6 Å². The molecule has 2 aliphatic heterocycles. The van der Waals surface area contributed by atoms with Crippen molar-refractivity contribution in [1.82, 2.24) is 0 Å². The van der Waals surface area contributed by atoms with E-state index in [2.05, 4.69) is 113 Å². The molecule has 0 aliphatic carbocycles. The second kappa shape index (κ2) is 12.3. The van der Waals surface area contributed by atoms with Crippen molar-refractivity contribution < 1.29 is 18.9 Å². The van der Waals surface area contributed by atoms with Crippen molar-refractivity contribution in [3.05, 3.63) is 119 Å². The van der Waals surface area contributed by atoms with Crippen molar-refractivity contribution >= 4 is 0 Å². The van der Waals surface area contributed by atoms with Gasteiger partial charge in [-0.25, -0.2) is 0 Å². The lowest BCUT2D eigenvalue weighted by Crippen LogP contribution is -2.22. The van der Waals surface area contributed by atoms with Crippen LogP contribution in [0.15, 0.2) is 91.0 Å². The molecular weight excluding hydrogens is 520 g/mol. The molecule has 2 aliphatic rings. The number of benzene rings is 4. The molecule has 2 saturated heterocycles. The number of rotatable bonds is 13. The molecule has 0 spiro atoms. The number of epoxide rings is 2. The predicted molar refractivity (Wildman–Crippen MR) is 169 cm³/mol. The van der Waals surface area contributed by atoms with E-state index in [1.165, 1.54) is 38.9 Å². The first kappa shape index (κ1) is 28.5. The first-order valence-electron chi connectivity index (χ1n) is 15.2. The molecule has 6 rings (SSSR count). The molecule has 0 amide bonds. The van der Waals surface area contributed by atoms with Gasteiger partial charge in [-0.1, -0.05) is 107 Å². The molecular formula is C38H42O4. The van der Waals surface area contributed by atoms with Crippen LogP contribution in [0.5, 0.6) is 11.5 Å². The Morgan fingerprint density at radius 2 is 1.29 bits per heavy atom. The third kappa shape index (κ3) is 7.24. The van der Waals surface area contributed by atoms with Crippen molar-refractivity contribution in [1.29, 1.82) is 0 Å². The van der Waals surface area contributed by atoms with Crippen LogP contribution < -0.4 is 9.47 Å². The summed E-state index contributed by atoms with van der Waals surface area (Å²) < 4.78 is 23.0. The van der Waals surface area contributed by atoms with Gasteiger partial charge in [0.1, 0.15) is 36.9 Å². The third-order valence-electron chi connectivity index (χ3n) is 8.31. The second-order valence-electron chi connectivity index (χ2n) is 12.7. The summed E-state index contributed by atoms with van der Waals surface area (Å²) in [7, 11) is 0. The number of para-hydroxylation sites is 1. The minimum atomic E-state index is -0.0637. The van der Waals surface area contributed by atoms with Crippen LogP contribution in [0.2, 0.25) is 0 Å². The van der Waals surface area contributed by atoms with Gasteiger partial charge in [0.15, 0.2) is 0 Å². The highest BCUT2D eigenvalue weighted by Crippen LogP contribution is 2.35. The maximum Gasteiger partial charge on any atom is 0.123 e. The van der Waals surface area contributed by atoms with E-state index >= 15 is 0 Å². The van der Waals surface area contributed by atoms with E-state index < -0.39 is 0 Å². The minimum absolute atomic E-state index is 0.0637. The molecule has 42 heavy (non-hydrogen) atoms. The molecule has 0 aromatic heterocycles. The SMILES string of the molecule is CC(C)c1ccc(Cc2ccc(-c3ccc(CC(C)(C)c4ccccc4OCC4CO4)cc3)cc2)c(OCC2CO2)c1. The van der Waals surface area contributed by atoms with Crippen LogP contribution in [0.1, 0.15) is 61.4 Å². The summed E-state index contributed by atoms with van der Waals surface area (Å²) in [6, 6.07) is 33.0. The van der Waals surface area contributed by atoms with Gasteiger partial charge in [-0.2, -0.15) is 0 Å². The Kier molecular flexibility index (Phi) is 8.37. The van der Waals surface area contributed by atoms with Crippen molar-refractivity contribution in [2.45, 2.75) is 64.1 Å². The maximum absolute atomic E-state index is 6.18. The minimum Gasteiger partial charge on any atom is -0.490 e. The van der Waals surface area contributed by atoms with Crippen LogP contribution in [0, 0.1) is 0 Å². The zero-order valence-electron chi connectivity index (χ0n) is 25.3. The predicted octanol–water partition coefficient (Wildman–Crippen LogP) is 8.14. The normalized spacial score (nSPS) is 17.7. The molecule has 218 valence electrons. The summed E-state index contributed by atoms with van der Waals surface area (Å²) in [4.78, 5) is 0. The van der Waals surface area contributed by atoms with Crippen LogP contribution in [0.3, 0.4) is 0 Å². The van der Waals surface area contributed by atoms with E-state index in [0.29, 0.717) is 19.1 Å². The summed E-state index contributed by atoms with van der Waals surface area (Å²) in [5.41, 5.74) is 8.73. The molecule has 2 atom stereocenters. The van der Waals surface area contributed by atoms with Gasteiger partial charge in [0.05, 0.1) is 13.2 Å².